The molecule has 0 aliphatic heterocycles. The van der Waals surface area contributed by atoms with Gasteiger partial charge in [-0.3, -0.25) is 0 Å². The van der Waals surface area contributed by atoms with Crippen molar-refractivity contribution in [3.8, 4) is 5.75 Å². The monoisotopic (exact) mass is 391 g/mol. The zero-order chi connectivity index (χ0) is 20.5. The number of nitrogens with zero attached hydrogens (tertiary/aromatic N) is 1. The van der Waals surface area contributed by atoms with Crippen LogP contribution in [0.4, 0.5) is 13.2 Å². The van der Waals surface area contributed by atoms with Gasteiger partial charge in [0.2, 0.25) is 0 Å². The Hall–Kier alpha value is -2.47. The number of ether oxygens (including phenoxy) is 1. The van der Waals surface area contributed by atoms with Crippen LogP contribution in [0.2, 0.25) is 0 Å². The van der Waals surface area contributed by atoms with Crippen molar-refractivity contribution in [3.05, 3.63) is 66.1 Å². The van der Waals surface area contributed by atoms with E-state index in [2.05, 4.69) is 0 Å². The summed E-state index contributed by atoms with van der Waals surface area (Å²) in [6.07, 6.45) is -1.56. The number of aliphatic hydroxyl groups is 1. The van der Waals surface area contributed by atoms with Crippen LogP contribution in [0.5, 0.6) is 5.75 Å². The second-order valence-electron chi connectivity index (χ2n) is 7.81. The van der Waals surface area contributed by atoms with E-state index in [9.17, 15) is 18.3 Å². The number of alkyl halides is 2. The number of fused-ring (bicyclic) bond motifs is 1. The number of halogens is 3. The fraction of sp³-hybridized carbons (Fsp3) is 0.364. The molecule has 0 bridgehead atoms. The van der Waals surface area contributed by atoms with Crippen LogP contribution in [0, 0.1) is 5.82 Å². The van der Waals surface area contributed by atoms with Crippen LogP contribution in [0.25, 0.3) is 10.9 Å². The molecule has 3 rings (SSSR count). The minimum absolute atomic E-state index is 0.274. The molecule has 2 aromatic carbocycles. The molecule has 0 saturated heterocycles. The number of aromatic nitrogens is 1. The van der Waals surface area contributed by atoms with Crippen molar-refractivity contribution in [2.24, 2.45) is 0 Å². The summed E-state index contributed by atoms with van der Waals surface area (Å²) in [5, 5.41) is 11.9. The summed E-state index contributed by atoms with van der Waals surface area (Å²) in [5.41, 5.74) is -2.06. The van der Waals surface area contributed by atoms with Gasteiger partial charge < -0.3 is 14.4 Å². The largest absolute Gasteiger partial charge is 0.496 e. The number of benzene rings is 2. The number of hydrogen-bond donors (Lipinski definition) is 1. The topological polar surface area (TPSA) is 34.4 Å². The molecule has 0 amide bonds. The zero-order valence-corrected chi connectivity index (χ0v) is 16.1. The van der Waals surface area contributed by atoms with E-state index < -0.39 is 23.3 Å². The Bertz CT molecular complexity index is 967. The number of methoxy groups -OCH3 is 1. The van der Waals surface area contributed by atoms with Gasteiger partial charge in [-0.05, 0) is 47.6 Å². The van der Waals surface area contributed by atoms with Crippen LogP contribution in [-0.2, 0) is 12.0 Å². The zero-order valence-electron chi connectivity index (χ0n) is 16.1. The van der Waals surface area contributed by atoms with Gasteiger partial charge in [0.25, 0.3) is 6.43 Å². The normalized spacial score (nSPS) is 14.4. The van der Waals surface area contributed by atoms with Crippen molar-refractivity contribution in [2.45, 2.75) is 44.3 Å². The standard InChI is InChI=1S/C22H24F3NO2/c1-21(2,17-12-16(23)8-9-19(17)28-3)13-22(27,20(24)25)14-26-11-10-15-6-4-5-7-18(15)26/h4-12,20,27H,13-14H2,1-3H3. The van der Waals surface area contributed by atoms with Crippen molar-refractivity contribution in [2.75, 3.05) is 7.11 Å². The Labute approximate surface area is 162 Å². The molecular formula is C22H24F3NO2. The van der Waals surface area contributed by atoms with Gasteiger partial charge in [0.1, 0.15) is 17.2 Å². The first-order valence-corrected chi connectivity index (χ1v) is 9.05. The maximum Gasteiger partial charge on any atom is 0.268 e. The highest BCUT2D eigenvalue weighted by molar-refractivity contribution is 5.79. The number of hydrogen-bond acceptors (Lipinski definition) is 2. The maximum atomic E-state index is 14.0. The van der Waals surface area contributed by atoms with Crippen molar-refractivity contribution in [1.29, 1.82) is 0 Å². The minimum atomic E-state index is -2.98. The molecule has 0 aliphatic carbocycles. The van der Waals surface area contributed by atoms with E-state index in [0.29, 0.717) is 11.3 Å². The van der Waals surface area contributed by atoms with Gasteiger partial charge in [0.15, 0.2) is 0 Å². The number of rotatable bonds is 7. The van der Waals surface area contributed by atoms with Crippen molar-refractivity contribution in [3.63, 3.8) is 0 Å². The highest BCUT2D eigenvalue weighted by atomic mass is 19.3. The molecule has 0 saturated carbocycles. The van der Waals surface area contributed by atoms with E-state index in [1.165, 1.54) is 25.3 Å². The van der Waals surface area contributed by atoms with Gasteiger partial charge in [-0.2, -0.15) is 0 Å². The predicted molar refractivity (Wildman–Crippen MR) is 103 cm³/mol. The molecule has 1 aromatic heterocycles. The van der Waals surface area contributed by atoms with Crippen molar-refractivity contribution >= 4 is 10.9 Å². The SMILES string of the molecule is COc1ccc(F)cc1C(C)(C)CC(O)(Cn1ccc2ccccc21)C(F)F. The summed E-state index contributed by atoms with van der Waals surface area (Å²) in [4.78, 5) is 0. The molecule has 1 atom stereocenters. The van der Waals surface area contributed by atoms with E-state index in [1.807, 2.05) is 30.3 Å². The van der Waals surface area contributed by atoms with E-state index in [4.69, 9.17) is 4.74 Å². The third-order valence-electron chi connectivity index (χ3n) is 5.17. The maximum absolute atomic E-state index is 14.0. The first-order chi connectivity index (χ1) is 13.2. The van der Waals surface area contributed by atoms with Crippen LogP contribution in [0.3, 0.4) is 0 Å². The molecule has 150 valence electrons. The molecule has 0 spiro atoms. The first kappa shape index (κ1) is 20.3. The van der Waals surface area contributed by atoms with Gasteiger partial charge in [0.05, 0.1) is 13.7 Å². The molecule has 3 nitrogen and oxygen atoms in total. The van der Waals surface area contributed by atoms with E-state index in [1.54, 1.807) is 24.6 Å². The summed E-state index contributed by atoms with van der Waals surface area (Å²) in [6, 6.07) is 13.2. The van der Waals surface area contributed by atoms with Gasteiger partial charge in [-0.25, -0.2) is 13.2 Å². The Morgan fingerprint density at radius 2 is 1.82 bits per heavy atom. The summed E-state index contributed by atoms with van der Waals surface area (Å²) in [5.74, 6) is -0.0877. The van der Waals surface area contributed by atoms with Gasteiger partial charge in [0, 0.05) is 17.3 Å². The third kappa shape index (κ3) is 3.87. The number of para-hydroxylation sites is 1. The smallest absolute Gasteiger partial charge is 0.268 e. The second-order valence-corrected chi connectivity index (χ2v) is 7.81. The second kappa shape index (κ2) is 7.51. The van der Waals surface area contributed by atoms with Crippen LogP contribution >= 0.6 is 0 Å². The minimum Gasteiger partial charge on any atom is -0.496 e. The fourth-order valence-corrected chi connectivity index (χ4v) is 3.85. The third-order valence-corrected chi connectivity index (χ3v) is 5.17. The summed E-state index contributed by atoms with van der Waals surface area (Å²) in [7, 11) is 1.44. The highest BCUT2D eigenvalue weighted by Gasteiger charge is 2.44. The lowest BCUT2D eigenvalue weighted by atomic mass is 9.74. The molecule has 1 N–H and O–H groups in total. The lowest BCUT2D eigenvalue weighted by Crippen LogP contribution is -2.46. The molecular weight excluding hydrogens is 367 g/mol. The van der Waals surface area contributed by atoms with E-state index in [-0.39, 0.29) is 13.0 Å². The van der Waals surface area contributed by atoms with E-state index >= 15 is 0 Å². The van der Waals surface area contributed by atoms with Crippen LogP contribution in [0.1, 0.15) is 25.8 Å². The lowest BCUT2D eigenvalue weighted by Gasteiger charge is -2.37. The average Bonchev–Trinajstić information content (AvgIpc) is 3.04. The van der Waals surface area contributed by atoms with Crippen molar-refractivity contribution < 1.29 is 23.0 Å². The Balaban J connectivity index is 1.96. The quantitative estimate of drug-likeness (QED) is 0.604. The Morgan fingerprint density at radius 3 is 2.50 bits per heavy atom. The predicted octanol–water partition coefficient (Wildman–Crippen LogP) is 5.15. The Morgan fingerprint density at radius 1 is 1.11 bits per heavy atom. The first-order valence-electron chi connectivity index (χ1n) is 9.05. The van der Waals surface area contributed by atoms with Crippen molar-refractivity contribution in [1.82, 2.24) is 4.57 Å². The lowest BCUT2D eigenvalue weighted by molar-refractivity contribution is -0.119. The van der Waals surface area contributed by atoms with Crippen LogP contribution in [-0.4, -0.2) is 28.8 Å². The van der Waals surface area contributed by atoms with Crippen LogP contribution in [0.15, 0.2) is 54.7 Å². The molecule has 1 unspecified atom stereocenters. The molecule has 3 aromatic rings. The van der Waals surface area contributed by atoms with Gasteiger partial charge in [-0.1, -0.05) is 32.0 Å². The molecule has 1 heterocycles. The molecule has 0 fully saturated rings. The Kier molecular flexibility index (Phi) is 5.44. The molecule has 6 heteroatoms. The van der Waals surface area contributed by atoms with Gasteiger partial charge in [-0.15, -0.1) is 0 Å². The molecule has 28 heavy (non-hydrogen) atoms. The van der Waals surface area contributed by atoms with Gasteiger partial charge >= 0.3 is 0 Å². The highest BCUT2D eigenvalue weighted by Crippen LogP contribution is 2.40. The summed E-state index contributed by atoms with van der Waals surface area (Å²) >= 11 is 0. The summed E-state index contributed by atoms with van der Waals surface area (Å²) in [6.45, 7) is 3.12. The average molecular weight is 391 g/mol. The molecule has 0 aliphatic rings. The fourth-order valence-electron chi connectivity index (χ4n) is 3.85. The van der Waals surface area contributed by atoms with Crippen LogP contribution < -0.4 is 4.74 Å². The molecule has 0 radical (unpaired) electrons. The summed E-state index contributed by atoms with van der Waals surface area (Å²) < 4.78 is 48.8. The van der Waals surface area contributed by atoms with E-state index in [0.717, 1.165) is 10.9 Å².